The second kappa shape index (κ2) is 5.82. The lowest BCUT2D eigenvalue weighted by atomic mass is 10.1. The Labute approximate surface area is 109 Å². The molecule has 1 amide bonds. The molecule has 1 aliphatic heterocycles. The average molecular weight is 275 g/mol. The van der Waals surface area contributed by atoms with Crippen molar-refractivity contribution < 1.29 is 9.53 Å². The minimum Gasteiger partial charge on any atom is -0.380 e. The van der Waals surface area contributed by atoms with Gasteiger partial charge in [-0.15, -0.1) is 11.3 Å². The van der Waals surface area contributed by atoms with Gasteiger partial charge in [-0.1, -0.05) is 11.6 Å². The zero-order valence-electron chi connectivity index (χ0n) is 9.53. The van der Waals surface area contributed by atoms with Gasteiger partial charge in [-0.25, -0.2) is 0 Å². The normalized spacial score (nSPS) is 23.9. The van der Waals surface area contributed by atoms with Gasteiger partial charge in [-0.2, -0.15) is 0 Å². The molecule has 2 rings (SSSR count). The summed E-state index contributed by atoms with van der Waals surface area (Å²) in [6.07, 6.45) is 0.183. The van der Waals surface area contributed by atoms with Crippen LogP contribution in [-0.4, -0.2) is 38.8 Å². The van der Waals surface area contributed by atoms with Gasteiger partial charge in [0.05, 0.1) is 15.3 Å². The van der Waals surface area contributed by atoms with Crippen LogP contribution in [0.1, 0.15) is 9.67 Å². The molecule has 17 heavy (non-hydrogen) atoms. The Kier molecular flexibility index (Phi) is 4.39. The molecule has 0 aromatic carbocycles. The Balaban J connectivity index is 1.84. The number of carbonyl (C=O) groups is 1. The Morgan fingerprint density at radius 3 is 3.12 bits per heavy atom. The van der Waals surface area contributed by atoms with Gasteiger partial charge in [0.2, 0.25) is 0 Å². The number of hydrogen-bond acceptors (Lipinski definition) is 4. The van der Waals surface area contributed by atoms with Crippen LogP contribution in [-0.2, 0) is 4.74 Å². The van der Waals surface area contributed by atoms with E-state index >= 15 is 0 Å². The van der Waals surface area contributed by atoms with E-state index in [0.29, 0.717) is 21.7 Å². The maximum absolute atomic E-state index is 11.8. The molecule has 0 bridgehead atoms. The number of nitrogens with one attached hydrogen (secondary N) is 2. The topological polar surface area (TPSA) is 50.4 Å². The highest BCUT2D eigenvalue weighted by atomic mass is 35.5. The molecule has 6 heteroatoms. The average Bonchev–Trinajstić information content (AvgIpc) is 2.94. The van der Waals surface area contributed by atoms with Crippen LogP contribution in [0.2, 0.25) is 4.34 Å². The molecule has 1 saturated heterocycles. The minimum absolute atomic E-state index is 0.0661. The molecule has 0 unspecified atom stereocenters. The van der Waals surface area contributed by atoms with E-state index in [9.17, 15) is 4.79 Å². The first-order valence-electron chi connectivity index (χ1n) is 5.47. The maximum Gasteiger partial charge on any atom is 0.261 e. The number of ether oxygens (including phenoxy) is 1. The lowest BCUT2D eigenvalue weighted by Gasteiger charge is -2.17. The zero-order chi connectivity index (χ0) is 12.3. The number of halogens is 1. The van der Waals surface area contributed by atoms with Gasteiger partial charge in [0, 0.05) is 32.7 Å². The predicted octanol–water partition coefficient (Wildman–Crippen LogP) is 1.37. The van der Waals surface area contributed by atoms with Gasteiger partial charge >= 0.3 is 0 Å². The third-order valence-electron chi connectivity index (χ3n) is 2.90. The van der Waals surface area contributed by atoms with Crippen molar-refractivity contribution in [1.29, 1.82) is 0 Å². The van der Waals surface area contributed by atoms with Crippen molar-refractivity contribution in [3.05, 3.63) is 21.3 Å². The third kappa shape index (κ3) is 3.19. The molecule has 0 saturated carbocycles. The zero-order valence-corrected chi connectivity index (χ0v) is 11.1. The van der Waals surface area contributed by atoms with Crippen LogP contribution in [0.25, 0.3) is 0 Å². The van der Waals surface area contributed by atoms with Crippen LogP contribution in [0.3, 0.4) is 0 Å². The van der Waals surface area contributed by atoms with Gasteiger partial charge in [0.1, 0.15) is 0 Å². The molecule has 0 radical (unpaired) electrons. The molecule has 0 spiro atoms. The van der Waals surface area contributed by atoms with E-state index in [0.717, 1.165) is 13.1 Å². The highest BCUT2D eigenvalue weighted by Crippen LogP contribution is 2.21. The summed E-state index contributed by atoms with van der Waals surface area (Å²) in [5.41, 5.74) is 0. The van der Waals surface area contributed by atoms with E-state index in [4.69, 9.17) is 16.3 Å². The SMILES string of the molecule is CO[C@@H]1CNC[C@H]1CNC(=O)c1ccc(Cl)s1. The Morgan fingerprint density at radius 2 is 2.47 bits per heavy atom. The fourth-order valence-corrected chi connectivity index (χ4v) is 2.90. The Morgan fingerprint density at radius 1 is 1.65 bits per heavy atom. The largest absolute Gasteiger partial charge is 0.380 e. The molecule has 1 aliphatic rings. The van der Waals surface area contributed by atoms with E-state index in [-0.39, 0.29) is 12.0 Å². The van der Waals surface area contributed by atoms with Crippen LogP contribution in [0.15, 0.2) is 12.1 Å². The number of methoxy groups -OCH3 is 1. The summed E-state index contributed by atoms with van der Waals surface area (Å²) in [5.74, 6) is 0.267. The van der Waals surface area contributed by atoms with E-state index < -0.39 is 0 Å². The second-order valence-electron chi connectivity index (χ2n) is 4.01. The van der Waals surface area contributed by atoms with Gasteiger partial charge in [-0.3, -0.25) is 4.79 Å². The molecule has 1 aromatic rings. The van der Waals surface area contributed by atoms with Crippen LogP contribution in [0, 0.1) is 5.92 Å². The first-order chi connectivity index (χ1) is 8.20. The monoisotopic (exact) mass is 274 g/mol. The van der Waals surface area contributed by atoms with Gasteiger partial charge in [0.25, 0.3) is 5.91 Å². The summed E-state index contributed by atoms with van der Waals surface area (Å²) < 4.78 is 5.97. The highest BCUT2D eigenvalue weighted by molar-refractivity contribution is 7.17. The highest BCUT2D eigenvalue weighted by Gasteiger charge is 2.27. The standard InChI is InChI=1S/C11H15ClN2O2S/c1-16-8-6-13-4-7(8)5-14-11(15)9-2-3-10(12)17-9/h2-3,7-8,13H,4-6H2,1H3,(H,14,15)/t7-,8+/m0/s1. The third-order valence-corrected chi connectivity index (χ3v) is 4.13. The fraction of sp³-hybridized carbons (Fsp3) is 0.545. The quantitative estimate of drug-likeness (QED) is 0.872. The molecule has 2 N–H and O–H groups in total. The fourth-order valence-electron chi connectivity index (χ4n) is 1.94. The smallest absolute Gasteiger partial charge is 0.261 e. The summed E-state index contributed by atoms with van der Waals surface area (Å²) >= 11 is 7.08. The Hall–Kier alpha value is -0.620. The molecule has 0 aliphatic carbocycles. The molecule has 1 aromatic heterocycles. The second-order valence-corrected chi connectivity index (χ2v) is 5.72. The van der Waals surface area contributed by atoms with Gasteiger partial charge in [0.15, 0.2) is 0 Å². The first kappa shape index (κ1) is 12.8. The van der Waals surface area contributed by atoms with Crippen LogP contribution >= 0.6 is 22.9 Å². The summed E-state index contributed by atoms with van der Waals surface area (Å²) in [7, 11) is 1.70. The molecular weight excluding hydrogens is 260 g/mol. The van der Waals surface area contributed by atoms with E-state index in [1.165, 1.54) is 11.3 Å². The molecule has 1 fully saturated rings. The summed E-state index contributed by atoms with van der Waals surface area (Å²) in [4.78, 5) is 12.4. The van der Waals surface area contributed by atoms with E-state index in [1.807, 2.05) is 0 Å². The van der Waals surface area contributed by atoms with E-state index in [2.05, 4.69) is 10.6 Å². The van der Waals surface area contributed by atoms with Crippen molar-refractivity contribution in [2.45, 2.75) is 6.10 Å². The minimum atomic E-state index is -0.0661. The van der Waals surface area contributed by atoms with Crippen molar-refractivity contribution in [3.63, 3.8) is 0 Å². The molecule has 4 nitrogen and oxygen atoms in total. The maximum atomic E-state index is 11.8. The van der Waals surface area contributed by atoms with Crippen LogP contribution in [0.5, 0.6) is 0 Å². The number of carbonyl (C=O) groups excluding carboxylic acids is 1. The van der Waals surface area contributed by atoms with Crippen molar-refractivity contribution in [2.24, 2.45) is 5.92 Å². The van der Waals surface area contributed by atoms with E-state index in [1.54, 1.807) is 19.2 Å². The first-order valence-corrected chi connectivity index (χ1v) is 6.67. The van der Waals surface area contributed by atoms with Crippen molar-refractivity contribution in [2.75, 3.05) is 26.7 Å². The number of amides is 1. The van der Waals surface area contributed by atoms with Crippen molar-refractivity contribution in [3.8, 4) is 0 Å². The van der Waals surface area contributed by atoms with Crippen LogP contribution < -0.4 is 10.6 Å². The molecule has 94 valence electrons. The molecule has 2 heterocycles. The molecular formula is C11H15ClN2O2S. The van der Waals surface area contributed by atoms with Crippen LogP contribution in [0.4, 0.5) is 0 Å². The summed E-state index contributed by atoms with van der Waals surface area (Å²) in [6, 6.07) is 3.47. The van der Waals surface area contributed by atoms with Gasteiger partial charge < -0.3 is 15.4 Å². The predicted molar refractivity (Wildman–Crippen MR) is 68.8 cm³/mol. The summed E-state index contributed by atoms with van der Waals surface area (Å²) in [6.45, 7) is 2.35. The Bertz CT molecular complexity index is 397. The molecule has 2 atom stereocenters. The number of thiophene rings is 1. The van der Waals surface area contributed by atoms with Gasteiger partial charge in [-0.05, 0) is 12.1 Å². The number of rotatable bonds is 4. The van der Waals surface area contributed by atoms with Crippen molar-refractivity contribution >= 4 is 28.8 Å². The lowest BCUT2D eigenvalue weighted by Crippen LogP contribution is -2.34. The summed E-state index contributed by atoms with van der Waals surface area (Å²) in [5, 5.41) is 6.16. The number of hydrogen-bond donors (Lipinski definition) is 2. The lowest BCUT2D eigenvalue weighted by molar-refractivity contribution is 0.0781. The van der Waals surface area contributed by atoms with Crippen molar-refractivity contribution in [1.82, 2.24) is 10.6 Å².